The molecule has 0 spiro atoms. The molecule has 0 saturated carbocycles. The molecule has 18 heavy (non-hydrogen) atoms. The molecule has 1 heterocycles. The van der Waals surface area contributed by atoms with Crippen LogP contribution in [0.1, 0.15) is 37.3 Å². The van der Waals surface area contributed by atoms with Gasteiger partial charge in [-0.3, -0.25) is 0 Å². The third-order valence-corrected chi connectivity index (χ3v) is 4.16. The molecule has 0 amide bonds. The van der Waals surface area contributed by atoms with Crippen molar-refractivity contribution in [2.45, 2.75) is 39.5 Å². The summed E-state index contributed by atoms with van der Waals surface area (Å²) in [6.07, 6.45) is 4.92. The molecule has 100 valence electrons. The topological polar surface area (TPSA) is 3.24 Å². The molecule has 0 aromatic heterocycles. The molecule has 0 saturated heterocycles. The molecule has 1 aromatic rings. The maximum Gasteiger partial charge on any atom is 0.0398 e. The first-order valence-corrected chi connectivity index (χ1v) is 7.64. The second-order valence-electron chi connectivity index (χ2n) is 5.59. The van der Waals surface area contributed by atoms with Gasteiger partial charge in [-0.25, -0.2) is 0 Å². The number of nitrogens with zero attached hydrogens (tertiary/aromatic N) is 1. The van der Waals surface area contributed by atoms with Crippen LogP contribution in [0.4, 0.5) is 5.69 Å². The zero-order chi connectivity index (χ0) is 13.0. The van der Waals surface area contributed by atoms with Gasteiger partial charge in [0.25, 0.3) is 0 Å². The van der Waals surface area contributed by atoms with Crippen molar-refractivity contribution < 1.29 is 0 Å². The summed E-state index contributed by atoms with van der Waals surface area (Å²) in [7, 11) is 0. The molecule has 1 aromatic carbocycles. The maximum absolute atomic E-state index is 5.80. The first kappa shape index (κ1) is 13.7. The third-order valence-electron chi connectivity index (χ3n) is 3.94. The molecule has 0 fully saturated rings. The summed E-state index contributed by atoms with van der Waals surface area (Å²) in [5.41, 5.74) is 4.38. The van der Waals surface area contributed by atoms with Crippen LogP contribution >= 0.6 is 11.6 Å². The number of anilines is 1. The number of benzene rings is 1. The Morgan fingerprint density at radius 3 is 2.94 bits per heavy atom. The Morgan fingerprint density at radius 1 is 1.33 bits per heavy atom. The van der Waals surface area contributed by atoms with Crippen molar-refractivity contribution in [2.24, 2.45) is 5.92 Å². The zero-order valence-electron chi connectivity index (χ0n) is 11.6. The number of aryl methyl sites for hydroxylation is 2. The van der Waals surface area contributed by atoms with Crippen LogP contribution in [0.25, 0.3) is 0 Å². The molecular weight excluding hydrogens is 242 g/mol. The smallest absolute Gasteiger partial charge is 0.0398 e. The minimum absolute atomic E-state index is 0.735. The zero-order valence-corrected chi connectivity index (χ0v) is 12.3. The first-order valence-electron chi connectivity index (χ1n) is 7.11. The van der Waals surface area contributed by atoms with Gasteiger partial charge in [-0.2, -0.15) is 0 Å². The van der Waals surface area contributed by atoms with Crippen molar-refractivity contribution in [3.63, 3.8) is 0 Å². The van der Waals surface area contributed by atoms with Crippen LogP contribution in [-0.2, 0) is 6.42 Å². The van der Waals surface area contributed by atoms with Crippen molar-refractivity contribution in [3.05, 3.63) is 29.3 Å². The number of hydrogen-bond acceptors (Lipinski definition) is 1. The van der Waals surface area contributed by atoms with E-state index in [-0.39, 0.29) is 0 Å². The molecule has 2 heteroatoms. The highest BCUT2D eigenvalue weighted by Crippen LogP contribution is 2.28. The monoisotopic (exact) mass is 265 g/mol. The van der Waals surface area contributed by atoms with E-state index < -0.39 is 0 Å². The van der Waals surface area contributed by atoms with E-state index >= 15 is 0 Å². The van der Waals surface area contributed by atoms with Crippen LogP contribution in [0.3, 0.4) is 0 Å². The lowest BCUT2D eigenvalue weighted by Crippen LogP contribution is -2.31. The summed E-state index contributed by atoms with van der Waals surface area (Å²) in [5, 5.41) is 0. The van der Waals surface area contributed by atoms with E-state index in [1.54, 1.807) is 0 Å². The van der Waals surface area contributed by atoms with E-state index in [1.165, 1.54) is 49.2 Å². The van der Waals surface area contributed by atoms with Gasteiger partial charge in [-0.15, -0.1) is 11.6 Å². The lowest BCUT2D eigenvalue weighted by atomic mass is 9.98. The maximum atomic E-state index is 5.80. The first-order chi connectivity index (χ1) is 8.70. The SMILES string of the molecule is Cc1ccc2c(c1)CCCN2CCC(C)CCCl. The Balaban J connectivity index is 1.99. The van der Waals surface area contributed by atoms with E-state index in [1.807, 2.05) is 0 Å². The molecular formula is C16H24ClN. The van der Waals surface area contributed by atoms with Gasteiger partial charge in [0.2, 0.25) is 0 Å². The van der Waals surface area contributed by atoms with E-state index in [9.17, 15) is 0 Å². The predicted molar refractivity (Wildman–Crippen MR) is 80.8 cm³/mol. The highest BCUT2D eigenvalue weighted by atomic mass is 35.5. The van der Waals surface area contributed by atoms with E-state index in [0.29, 0.717) is 0 Å². The molecule has 1 unspecified atom stereocenters. The summed E-state index contributed by atoms with van der Waals surface area (Å²) < 4.78 is 0. The van der Waals surface area contributed by atoms with Crippen LogP contribution in [0, 0.1) is 12.8 Å². The van der Waals surface area contributed by atoms with Gasteiger partial charge in [0.15, 0.2) is 0 Å². The Bertz CT molecular complexity index is 389. The number of rotatable bonds is 5. The Labute approximate surface area is 116 Å². The van der Waals surface area contributed by atoms with Crippen LogP contribution in [0.5, 0.6) is 0 Å². The summed E-state index contributed by atoms with van der Waals surface area (Å²) in [4.78, 5) is 2.56. The van der Waals surface area contributed by atoms with Gasteiger partial charge in [0, 0.05) is 24.7 Å². The van der Waals surface area contributed by atoms with Gasteiger partial charge in [0.1, 0.15) is 0 Å². The number of hydrogen-bond donors (Lipinski definition) is 0. The average Bonchev–Trinajstić information content (AvgIpc) is 2.36. The predicted octanol–water partition coefficient (Wildman–Crippen LogP) is 4.40. The van der Waals surface area contributed by atoms with Gasteiger partial charge >= 0.3 is 0 Å². The second-order valence-corrected chi connectivity index (χ2v) is 5.97. The van der Waals surface area contributed by atoms with Gasteiger partial charge in [-0.1, -0.05) is 24.6 Å². The third kappa shape index (κ3) is 3.41. The van der Waals surface area contributed by atoms with Crippen molar-refractivity contribution in [2.75, 3.05) is 23.9 Å². The highest BCUT2D eigenvalue weighted by molar-refractivity contribution is 6.17. The standard InChI is InChI=1S/C16H24ClN/c1-13(7-9-17)8-11-18-10-3-4-15-12-14(2)5-6-16(15)18/h5-6,12-13H,3-4,7-11H2,1-2H3. The van der Waals surface area contributed by atoms with E-state index in [2.05, 4.69) is 36.9 Å². The number of fused-ring (bicyclic) bond motifs is 1. The summed E-state index contributed by atoms with van der Waals surface area (Å²) in [5.74, 6) is 1.52. The molecule has 0 radical (unpaired) electrons. The van der Waals surface area contributed by atoms with E-state index in [0.717, 1.165) is 18.2 Å². The van der Waals surface area contributed by atoms with Crippen molar-refractivity contribution in [1.82, 2.24) is 0 Å². The fourth-order valence-corrected chi connectivity index (χ4v) is 3.12. The molecule has 1 aliphatic rings. The van der Waals surface area contributed by atoms with Gasteiger partial charge in [-0.05, 0) is 50.2 Å². The minimum Gasteiger partial charge on any atom is -0.371 e. The lowest BCUT2D eigenvalue weighted by molar-refractivity contribution is 0.507. The Morgan fingerprint density at radius 2 is 2.17 bits per heavy atom. The highest BCUT2D eigenvalue weighted by Gasteiger charge is 2.17. The molecule has 1 atom stereocenters. The Kier molecular flexibility index (Phi) is 4.94. The lowest BCUT2D eigenvalue weighted by Gasteiger charge is -2.32. The average molecular weight is 266 g/mol. The van der Waals surface area contributed by atoms with Crippen LogP contribution in [0.15, 0.2) is 18.2 Å². The molecule has 0 aliphatic carbocycles. The summed E-state index contributed by atoms with van der Waals surface area (Å²) in [6.45, 7) is 6.88. The summed E-state index contributed by atoms with van der Waals surface area (Å²) >= 11 is 5.80. The van der Waals surface area contributed by atoms with E-state index in [4.69, 9.17) is 11.6 Å². The Hall–Kier alpha value is -0.690. The second kappa shape index (κ2) is 6.47. The van der Waals surface area contributed by atoms with Crippen molar-refractivity contribution >= 4 is 17.3 Å². The number of halogens is 1. The van der Waals surface area contributed by atoms with Crippen LogP contribution in [0.2, 0.25) is 0 Å². The molecule has 1 aliphatic heterocycles. The number of alkyl halides is 1. The largest absolute Gasteiger partial charge is 0.371 e. The minimum atomic E-state index is 0.735. The molecule has 2 rings (SSSR count). The quantitative estimate of drug-likeness (QED) is 0.713. The molecule has 1 nitrogen and oxygen atoms in total. The van der Waals surface area contributed by atoms with Crippen LogP contribution < -0.4 is 4.90 Å². The molecule has 0 N–H and O–H groups in total. The fraction of sp³-hybridized carbons (Fsp3) is 0.625. The summed E-state index contributed by atoms with van der Waals surface area (Å²) in [6, 6.07) is 6.89. The molecule has 0 bridgehead atoms. The van der Waals surface area contributed by atoms with Crippen molar-refractivity contribution in [3.8, 4) is 0 Å². The fourth-order valence-electron chi connectivity index (χ4n) is 2.74. The normalized spacial score (nSPS) is 16.5. The van der Waals surface area contributed by atoms with Gasteiger partial charge < -0.3 is 4.90 Å². The van der Waals surface area contributed by atoms with Crippen LogP contribution in [-0.4, -0.2) is 19.0 Å². The van der Waals surface area contributed by atoms with Gasteiger partial charge in [0.05, 0.1) is 0 Å². The van der Waals surface area contributed by atoms with Crippen molar-refractivity contribution in [1.29, 1.82) is 0 Å².